The lowest BCUT2D eigenvalue weighted by molar-refractivity contribution is -0.160. The monoisotopic (exact) mass is 502 g/mol. The molecule has 0 aromatic heterocycles. The Morgan fingerprint density at radius 2 is 1.03 bits per heavy atom. The predicted octanol–water partition coefficient (Wildman–Crippen LogP) is 3.30. The first kappa shape index (κ1) is 32.5. The molecule has 0 N–H and O–H groups in total. The van der Waals surface area contributed by atoms with Gasteiger partial charge in [0.15, 0.2) is 13.2 Å². The van der Waals surface area contributed by atoms with E-state index in [0.29, 0.717) is 13.2 Å². The van der Waals surface area contributed by atoms with Gasteiger partial charge in [0.2, 0.25) is 0 Å². The van der Waals surface area contributed by atoms with Gasteiger partial charge in [0.05, 0.1) is 19.6 Å². The van der Waals surface area contributed by atoms with E-state index in [-0.39, 0.29) is 32.0 Å². The summed E-state index contributed by atoms with van der Waals surface area (Å²) in [5.74, 6) is -3.26. The molecule has 0 saturated carbocycles. The molecule has 0 aliphatic heterocycles. The summed E-state index contributed by atoms with van der Waals surface area (Å²) in [7, 11) is 0. The highest BCUT2D eigenvalue weighted by Gasteiger charge is 2.17. The first-order valence-electron chi connectivity index (χ1n) is 12.4. The van der Waals surface area contributed by atoms with E-state index in [1.807, 2.05) is 0 Å². The van der Waals surface area contributed by atoms with E-state index in [1.54, 1.807) is 0 Å². The van der Waals surface area contributed by atoms with Crippen LogP contribution in [0.2, 0.25) is 0 Å². The number of hydrogen-bond donors (Lipinski definition) is 0. The minimum atomic E-state index is -0.940. The molecule has 10 nitrogen and oxygen atoms in total. The molecular weight excluding hydrogens is 460 g/mol. The summed E-state index contributed by atoms with van der Waals surface area (Å²) in [6.07, 6.45) is 8.24. The first-order valence-corrected chi connectivity index (χ1v) is 12.4. The van der Waals surface area contributed by atoms with Crippen molar-refractivity contribution in [2.75, 3.05) is 52.9 Å². The van der Waals surface area contributed by atoms with E-state index < -0.39 is 43.5 Å². The fourth-order valence-corrected chi connectivity index (χ4v) is 2.64. The molecule has 10 heteroatoms. The largest absolute Gasteiger partial charge is 0.461 e. The third kappa shape index (κ3) is 21.8. The van der Waals surface area contributed by atoms with Crippen molar-refractivity contribution in [1.29, 1.82) is 0 Å². The SMILES string of the molecule is C=C(CC(=O)OCC(=O)OCCOCCCCCC)C(=O)OCC(=O)OCCOCCCCCC. The summed E-state index contributed by atoms with van der Waals surface area (Å²) >= 11 is 0. The van der Waals surface area contributed by atoms with E-state index in [1.165, 1.54) is 0 Å². The van der Waals surface area contributed by atoms with Gasteiger partial charge in [-0.05, 0) is 12.8 Å². The summed E-state index contributed by atoms with van der Waals surface area (Å²) < 4.78 is 30.0. The molecule has 0 amide bonds. The van der Waals surface area contributed by atoms with Crippen molar-refractivity contribution in [1.82, 2.24) is 0 Å². The van der Waals surface area contributed by atoms with Crippen LogP contribution in [-0.4, -0.2) is 76.7 Å². The number of hydrogen-bond acceptors (Lipinski definition) is 10. The molecule has 0 spiro atoms. The van der Waals surface area contributed by atoms with Crippen molar-refractivity contribution >= 4 is 23.9 Å². The van der Waals surface area contributed by atoms with Crippen molar-refractivity contribution in [3.8, 4) is 0 Å². The molecule has 0 unspecified atom stereocenters. The molecule has 0 aliphatic carbocycles. The lowest BCUT2D eigenvalue weighted by Crippen LogP contribution is -2.21. The van der Waals surface area contributed by atoms with Crippen molar-refractivity contribution < 1.29 is 47.6 Å². The number of carbonyl (C=O) groups excluding carboxylic acids is 4. The van der Waals surface area contributed by atoms with Gasteiger partial charge in [-0.25, -0.2) is 14.4 Å². The number of unbranched alkanes of at least 4 members (excludes halogenated alkanes) is 6. The van der Waals surface area contributed by atoms with Gasteiger partial charge < -0.3 is 28.4 Å². The Bertz CT molecular complexity index is 617. The molecular formula is C25H42O10. The number of ether oxygens (including phenoxy) is 6. The molecule has 0 aromatic rings. The van der Waals surface area contributed by atoms with Gasteiger partial charge >= 0.3 is 23.9 Å². The molecule has 0 aromatic carbocycles. The third-order valence-corrected chi connectivity index (χ3v) is 4.58. The van der Waals surface area contributed by atoms with Crippen LogP contribution in [0.5, 0.6) is 0 Å². The lowest BCUT2D eigenvalue weighted by atomic mass is 10.2. The van der Waals surface area contributed by atoms with Gasteiger partial charge in [-0.3, -0.25) is 4.79 Å². The van der Waals surface area contributed by atoms with Crippen LogP contribution >= 0.6 is 0 Å². The summed E-state index contributed by atoms with van der Waals surface area (Å²) in [4.78, 5) is 46.8. The van der Waals surface area contributed by atoms with Gasteiger partial charge in [-0.1, -0.05) is 59.0 Å². The quantitative estimate of drug-likeness (QED) is 0.0889. The first-order chi connectivity index (χ1) is 16.9. The molecule has 0 aliphatic rings. The molecule has 202 valence electrons. The molecule has 0 bridgehead atoms. The second-order valence-electron chi connectivity index (χ2n) is 7.80. The molecule has 0 saturated heterocycles. The van der Waals surface area contributed by atoms with Crippen LogP contribution in [0.25, 0.3) is 0 Å². The fourth-order valence-electron chi connectivity index (χ4n) is 2.64. The topological polar surface area (TPSA) is 124 Å². The highest BCUT2D eigenvalue weighted by atomic mass is 16.6. The predicted molar refractivity (Wildman–Crippen MR) is 128 cm³/mol. The van der Waals surface area contributed by atoms with Gasteiger partial charge in [0.25, 0.3) is 0 Å². The van der Waals surface area contributed by atoms with Crippen LogP contribution in [0, 0.1) is 0 Å². The maximum atomic E-state index is 11.8. The van der Waals surface area contributed by atoms with E-state index in [9.17, 15) is 19.2 Å². The normalized spacial score (nSPS) is 10.5. The molecule has 0 atom stereocenters. The summed E-state index contributed by atoms with van der Waals surface area (Å²) in [6, 6.07) is 0. The van der Waals surface area contributed by atoms with Crippen LogP contribution < -0.4 is 0 Å². The molecule has 0 fully saturated rings. The van der Waals surface area contributed by atoms with Crippen molar-refractivity contribution in [2.24, 2.45) is 0 Å². The molecule has 0 radical (unpaired) electrons. The van der Waals surface area contributed by atoms with E-state index in [0.717, 1.165) is 51.4 Å². The van der Waals surface area contributed by atoms with Gasteiger partial charge in [0, 0.05) is 18.8 Å². The summed E-state index contributed by atoms with van der Waals surface area (Å²) in [5.41, 5.74) is -0.219. The molecule has 0 heterocycles. The zero-order valence-corrected chi connectivity index (χ0v) is 21.3. The van der Waals surface area contributed by atoms with Gasteiger partial charge in [-0.15, -0.1) is 0 Å². The second-order valence-corrected chi connectivity index (χ2v) is 7.80. The van der Waals surface area contributed by atoms with Crippen LogP contribution in [0.15, 0.2) is 12.2 Å². The van der Waals surface area contributed by atoms with Crippen molar-refractivity contribution in [3.05, 3.63) is 12.2 Å². The molecule has 0 rings (SSSR count). The average Bonchev–Trinajstić information content (AvgIpc) is 2.84. The van der Waals surface area contributed by atoms with E-state index in [2.05, 4.69) is 20.4 Å². The Morgan fingerprint density at radius 3 is 1.51 bits per heavy atom. The summed E-state index contributed by atoms with van der Waals surface area (Å²) in [5, 5.41) is 0. The fraction of sp³-hybridized carbons (Fsp3) is 0.760. The van der Waals surface area contributed by atoms with Crippen LogP contribution in [0.4, 0.5) is 0 Å². The smallest absolute Gasteiger partial charge is 0.344 e. The van der Waals surface area contributed by atoms with E-state index >= 15 is 0 Å². The van der Waals surface area contributed by atoms with Gasteiger partial charge in [0.1, 0.15) is 13.2 Å². The Labute approximate surface area is 208 Å². The highest BCUT2D eigenvalue weighted by Crippen LogP contribution is 2.04. The summed E-state index contributed by atoms with van der Waals surface area (Å²) in [6.45, 7) is 8.34. The van der Waals surface area contributed by atoms with Crippen LogP contribution in [0.1, 0.15) is 71.6 Å². The molecule has 35 heavy (non-hydrogen) atoms. The Balaban J connectivity index is 3.76. The standard InChI is InChI=1S/C25H42O10/c1-4-6-8-10-12-30-14-16-32-23(27)19-34-22(26)18-21(3)25(29)35-20-24(28)33-17-15-31-13-11-9-7-5-2/h3-20H2,1-2H3. The highest BCUT2D eigenvalue weighted by molar-refractivity contribution is 5.94. The minimum Gasteiger partial charge on any atom is -0.461 e. The van der Waals surface area contributed by atoms with E-state index in [4.69, 9.17) is 28.4 Å². The van der Waals surface area contributed by atoms with Crippen LogP contribution in [0.3, 0.4) is 0 Å². The number of esters is 4. The second kappa shape index (κ2) is 23.3. The third-order valence-electron chi connectivity index (χ3n) is 4.58. The average molecular weight is 503 g/mol. The Morgan fingerprint density at radius 1 is 0.543 bits per heavy atom. The lowest BCUT2D eigenvalue weighted by Gasteiger charge is -2.09. The minimum absolute atomic E-state index is 0.0542. The Hall–Kier alpha value is -2.46. The Kier molecular flexibility index (Phi) is 21.7. The van der Waals surface area contributed by atoms with Crippen molar-refractivity contribution in [2.45, 2.75) is 71.6 Å². The van der Waals surface area contributed by atoms with Gasteiger partial charge in [-0.2, -0.15) is 0 Å². The maximum Gasteiger partial charge on any atom is 0.344 e. The maximum absolute atomic E-state index is 11.8. The zero-order valence-electron chi connectivity index (χ0n) is 21.3. The number of rotatable bonds is 23. The number of carbonyl (C=O) groups is 4. The van der Waals surface area contributed by atoms with Crippen LogP contribution in [-0.2, 0) is 47.6 Å². The zero-order chi connectivity index (χ0) is 26.2. The van der Waals surface area contributed by atoms with Crippen molar-refractivity contribution in [3.63, 3.8) is 0 Å².